The minimum Gasteiger partial charge on any atom is -0.342 e. The van der Waals surface area contributed by atoms with Crippen molar-refractivity contribution in [2.75, 3.05) is 6.54 Å². The predicted molar refractivity (Wildman–Crippen MR) is 74.1 cm³/mol. The van der Waals surface area contributed by atoms with Gasteiger partial charge < -0.3 is 10.6 Å². The van der Waals surface area contributed by atoms with Crippen molar-refractivity contribution in [2.24, 2.45) is 0 Å². The number of hydrogen-bond donors (Lipinski definition) is 3. The number of aromatic amines is 1. The highest BCUT2D eigenvalue weighted by atomic mass is 16.1. The smallest absolute Gasteiger partial charge is 0.251 e. The maximum Gasteiger partial charge on any atom is 0.251 e. The van der Waals surface area contributed by atoms with Gasteiger partial charge in [-0.15, -0.1) is 0 Å². The van der Waals surface area contributed by atoms with Crippen LogP contribution < -0.4 is 10.6 Å². The lowest BCUT2D eigenvalue weighted by Gasteiger charge is -2.18. The fraction of sp³-hybridized carbons (Fsp3) is 0.357. The number of nitrogens with one attached hydrogen (secondary N) is 3. The molecule has 2 aromatic rings. The van der Waals surface area contributed by atoms with Crippen molar-refractivity contribution < 1.29 is 4.79 Å². The van der Waals surface area contributed by atoms with E-state index in [1.54, 1.807) is 0 Å². The van der Waals surface area contributed by atoms with Gasteiger partial charge in [0.15, 0.2) is 0 Å². The lowest BCUT2D eigenvalue weighted by Crippen LogP contribution is -2.28. The molecule has 0 radical (unpaired) electrons. The van der Waals surface area contributed by atoms with Gasteiger partial charge in [0, 0.05) is 12.1 Å². The summed E-state index contributed by atoms with van der Waals surface area (Å²) in [5.41, 5.74) is 3.21. The van der Waals surface area contributed by atoms with Gasteiger partial charge in [-0.05, 0) is 43.1 Å². The number of aromatic nitrogens is 3. The molecule has 20 heavy (non-hydrogen) atoms. The second-order valence-electron chi connectivity index (χ2n) is 4.98. The third kappa shape index (κ3) is 2.55. The van der Waals surface area contributed by atoms with Crippen molar-refractivity contribution in [2.45, 2.75) is 25.9 Å². The van der Waals surface area contributed by atoms with Crippen molar-refractivity contribution in [3.63, 3.8) is 0 Å². The topological polar surface area (TPSA) is 82.7 Å². The summed E-state index contributed by atoms with van der Waals surface area (Å²) in [5, 5.41) is 12.8. The van der Waals surface area contributed by atoms with E-state index in [4.69, 9.17) is 0 Å². The van der Waals surface area contributed by atoms with Crippen LogP contribution >= 0.6 is 0 Å². The van der Waals surface area contributed by atoms with Crippen LogP contribution in [0, 0.1) is 0 Å². The largest absolute Gasteiger partial charge is 0.342 e. The molecule has 1 unspecified atom stereocenters. The van der Waals surface area contributed by atoms with E-state index in [1.807, 2.05) is 25.1 Å². The maximum atomic E-state index is 12.2. The molecular weight excluding hydrogens is 254 g/mol. The first-order valence-electron chi connectivity index (χ1n) is 6.72. The van der Waals surface area contributed by atoms with E-state index in [2.05, 4.69) is 25.8 Å². The second-order valence-corrected chi connectivity index (χ2v) is 4.98. The Labute approximate surface area is 117 Å². The van der Waals surface area contributed by atoms with E-state index in [0.717, 1.165) is 19.5 Å². The summed E-state index contributed by atoms with van der Waals surface area (Å²) in [7, 11) is 0. The van der Waals surface area contributed by atoms with Crippen LogP contribution in [0.25, 0.3) is 0 Å². The number of carbonyl (C=O) groups excluding carboxylic acids is 1. The van der Waals surface area contributed by atoms with Gasteiger partial charge in [-0.25, -0.2) is 4.98 Å². The van der Waals surface area contributed by atoms with Gasteiger partial charge in [0.05, 0.1) is 6.04 Å². The third-order valence-electron chi connectivity index (χ3n) is 3.55. The molecule has 0 saturated heterocycles. The number of H-pyrrole nitrogens is 1. The van der Waals surface area contributed by atoms with E-state index in [9.17, 15) is 4.79 Å². The molecule has 1 aliphatic heterocycles. The Kier molecular flexibility index (Phi) is 3.47. The molecule has 0 spiro atoms. The molecule has 0 aliphatic carbocycles. The summed E-state index contributed by atoms with van der Waals surface area (Å²) in [6.07, 6.45) is 2.45. The molecule has 2 heterocycles. The Bertz CT molecular complexity index is 608. The van der Waals surface area contributed by atoms with Gasteiger partial charge in [0.1, 0.15) is 12.2 Å². The van der Waals surface area contributed by atoms with Crippen molar-refractivity contribution in [3.05, 3.63) is 47.0 Å². The monoisotopic (exact) mass is 271 g/mol. The standard InChI is InChI=1S/C14H17N5O/c1-9(13-16-8-17-19-13)18-14(20)11-3-2-10-4-5-15-7-12(10)6-11/h2-3,6,8-9,15H,4-5,7H2,1H3,(H,18,20)(H,16,17,19). The lowest BCUT2D eigenvalue weighted by molar-refractivity contribution is 0.0938. The number of carbonyl (C=O) groups is 1. The summed E-state index contributed by atoms with van der Waals surface area (Å²) < 4.78 is 0. The van der Waals surface area contributed by atoms with Crippen molar-refractivity contribution >= 4 is 5.91 Å². The Morgan fingerprint density at radius 3 is 3.10 bits per heavy atom. The summed E-state index contributed by atoms with van der Waals surface area (Å²) in [4.78, 5) is 16.3. The number of amides is 1. The highest BCUT2D eigenvalue weighted by molar-refractivity contribution is 5.94. The zero-order valence-corrected chi connectivity index (χ0v) is 11.3. The van der Waals surface area contributed by atoms with Crippen LogP contribution in [-0.2, 0) is 13.0 Å². The van der Waals surface area contributed by atoms with Crippen LogP contribution in [0.3, 0.4) is 0 Å². The zero-order valence-electron chi connectivity index (χ0n) is 11.3. The number of fused-ring (bicyclic) bond motifs is 1. The molecule has 104 valence electrons. The Morgan fingerprint density at radius 1 is 1.40 bits per heavy atom. The molecule has 1 aromatic carbocycles. The molecular formula is C14H17N5O. The average Bonchev–Trinajstić information content (AvgIpc) is 3.01. The SMILES string of the molecule is CC(NC(=O)c1ccc2c(c1)CNCC2)c1ncn[nH]1. The maximum absolute atomic E-state index is 12.2. The van der Waals surface area contributed by atoms with Crippen molar-refractivity contribution in [1.29, 1.82) is 0 Å². The molecule has 1 aliphatic rings. The molecule has 6 nitrogen and oxygen atoms in total. The molecule has 0 bridgehead atoms. The molecule has 0 fully saturated rings. The average molecular weight is 271 g/mol. The van der Waals surface area contributed by atoms with Gasteiger partial charge in [-0.2, -0.15) is 5.10 Å². The van der Waals surface area contributed by atoms with Crippen LogP contribution in [0.1, 0.15) is 40.3 Å². The van der Waals surface area contributed by atoms with E-state index in [0.29, 0.717) is 11.4 Å². The first-order valence-corrected chi connectivity index (χ1v) is 6.72. The summed E-state index contributed by atoms with van der Waals surface area (Å²) in [6, 6.07) is 5.69. The van der Waals surface area contributed by atoms with Gasteiger partial charge in [-0.3, -0.25) is 9.89 Å². The summed E-state index contributed by atoms with van der Waals surface area (Å²) >= 11 is 0. The predicted octanol–water partition coefficient (Wildman–Crippen LogP) is 0.941. The quantitative estimate of drug-likeness (QED) is 0.776. The molecule has 1 atom stereocenters. The van der Waals surface area contributed by atoms with E-state index >= 15 is 0 Å². The first kappa shape index (κ1) is 12.8. The summed E-state index contributed by atoms with van der Waals surface area (Å²) in [6.45, 7) is 3.70. The molecule has 0 saturated carbocycles. The number of nitrogens with zero attached hydrogens (tertiary/aromatic N) is 2. The van der Waals surface area contributed by atoms with Crippen LogP contribution in [0.4, 0.5) is 0 Å². The highest BCUT2D eigenvalue weighted by Crippen LogP contribution is 2.16. The Hall–Kier alpha value is -2.21. The Morgan fingerprint density at radius 2 is 2.30 bits per heavy atom. The molecule has 3 N–H and O–H groups in total. The lowest BCUT2D eigenvalue weighted by atomic mass is 9.98. The van der Waals surface area contributed by atoms with E-state index in [1.165, 1.54) is 17.5 Å². The van der Waals surface area contributed by atoms with Gasteiger partial charge >= 0.3 is 0 Å². The number of benzene rings is 1. The summed E-state index contributed by atoms with van der Waals surface area (Å²) in [5.74, 6) is 0.556. The van der Waals surface area contributed by atoms with Crippen LogP contribution in [0.5, 0.6) is 0 Å². The Balaban J connectivity index is 1.74. The first-order chi connectivity index (χ1) is 9.74. The normalized spacial score (nSPS) is 15.4. The van der Waals surface area contributed by atoms with Gasteiger partial charge in [0.2, 0.25) is 0 Å². The number of hydrogen-bond acceptors (Lipinski definition) is 4. The second kappa shape index (κ2) is 5.42. The van der Waals surface area contributed by atoms with E-state index in [-0.39, 0.29) is 11.9 Å². The molecule has 3 rings (SSSR count). The van der Waals surface area contributed by atoms with Crippen molar-refractivity contribution in [1.82, 2.24) is 25.8 Å². The number of rotatable bonds is 3. The fourth-order valence-corrected chi connectivity index (χ4v) is 2.39. The zero-order chi connectivity index (χ0) is 13.9. The fourth-order valence-electron chi connectivity index (χ4n) is 2.39. The van der Waals surface area contributed by atoms with Crippen LogP contribution in [0.2, 0.25) is 0 Å². The molecule has 6 heteroatoms. The van der Waals surface area contributed by atoms with Gasteiger partial charge in [-0.1, -0.05) is 6.07 Å². The molecule has 1 aromatic heterocycles. The van der Waals surface area contributed by atoms with Crippen LogP contribution in [0.15, 0.2) is 24.5 Å². The minimum atomic E-state index is -0.195. The highest BCUT2D eigenvalue weighted by Gasteiger charge is 2.16. The van der Waals surface area contributed by atoms with E-state index < -0.39 is 0 Å². The van der Waals surface area contributed by atoms with Crippen molar-refractivity contribution in [3.8, 4) is 0 Å². The third-order valence-corrected chi connectivity index (χ3v) is 3.55. The van der Waals surface area contributed by atoms with Crippen LogP contribution in [-0.4, -0.2) is 27.6 Å². The van der Waals surface area contributed by atoms with Gasteiger partial charge in [0.25, 0.3) is 5.91 Å². The minimum absolute atomic E-state index is 0.0951. The molecule has 1 amide bonds.